The summed E-state index contributed by atoms with van der Waals surface area (Å²) in [6.07, 6.45) is 3.01. The fourth-order valence-electron chi connectivity index (χ4n) is 3.06. The second kappa shape index (κ2) is 5.97. The van der Waals surface area contributed by atoms with Crippen LogP contribution < -0.4 is 0 Å². The Kier molecular flexibility index (Phi) is 4.25. The smallest absolute Gasteiger partial charge is 0.269 e. The highest BCUT2D eigenvalue weighted by atomic mass is 16.6. The Morgan fingerprint density at radius 1 is 1.23 bits per heavy atom. The predicted molar refractivity (Wildman–Crippen MR) is 78.6 cm³/mol. The van der Waals surface area contributed by atoms with E-state index < -0.39 is 22.4 Å². The van der Waals surface area contributed by atoms with E-state index >= 15 is 0 Å². The van der Waals surface area contributed by atoms with E-state index in [1.807, 2.05) is 13.0 Å². The van der Waals surface area contributed by atoms with Crippen molar-refractivity contribution in [2.75, 3.05) is 7.11 Å². The number of nitriles is 2. The van der Waals surface area contributed by atoms with Gasteiger partial charge in [-0.1, -0.05) is 31.2 Å². The molecule has 2 rings (SSSR count). The van der Waals surface area contributed by atoms with Crippen molar-refractivity contribution in [1.82, 2.24) is 0 Å². The van der Waals surface area contributed by atoms with Crippen LogP contribution in [0, 0.1) is 44.1 Å². The standard InChI is InChI=1S/C16H15N3O3/c1-11-3-8-14(22-2)16(9-17,10-18)15(11)12-4-6-13(7-5-12)19(20)21/h3-8,11,14-15H,1-2H3. The minimum atomic E-state index is -1.36. The zero-order chi connectivity index (χ0) is 16.3. The van der Waals surface area contributed by atoms with E-state index in [0.717, 1.165) is 0 Å². The molecule has 0 spiro atoms. The highest BCUT2D eigenvalue weighted by molar-refractivity contribution is 5.42. The average Bonchev–Trinajstić information content (AvgIpc) is 2.54. The summed E-state index contributed by atoms with van der Waals surface area (Å²) in [4.78, 5) is 10.3. The zero-order valence-electron chi connectivity index (χ0n) is 12.3. The molecule has 22 heavy (non-hydrogen) atoms. The van der Waals surface area contributed by atoms with E-state index in [0.29, 0.717) is 5.56 Å². The molecule has 0 aliphatic heterocycles. The van der Waals surface area contributed by atoms with E-state index in [4.69, 9.17) is 4.74 Å². The molecule has 0 radical (unpaired) electrons. The van der Waals surface area contributed by atoms with Crippen molar-refractivity contribution in [2.45, 2.75) is 18.9 Å². The molecule has 6 nitrogen and oxygen atoms in total. The van der Waals surface area contributed by atoms with Crippen molar-refractivity contribution in [3.63, 3.8) is 0 Å². The van der Waals surface area contributed by atoms with Gasteiger partial charge in [-0.3, -0.25) is 10.1 Å². The molecule has 1 aromatic rings. The SMILES string of the molecule is COC1C=CC(C)C(c2ccc([N+](=O)[O-])cc2)C1(C#N)C#N. The van der Waals surface area contributed by atoms with Gasteiger partial charge in [0.2, 0.25) is 0 Å². The first-order valence-electron chi connectivity index (χ1n) is 6.78. The maximum Gasteiger partial charge on any atom is 0.269 e. The molecule has 1 aromatic carbocycles. The summed E-state index contributed by atoms with van der Waals surface area (Å²) in [7, 11) is 1.46. The molecule has 1 aliphatic carbocycles. The maximum absolute atomic E-state index is 10.8. The highest BCUT2D eigenvalue weighted by Crippen LogP contribution is 2.48. The third-order valence-electron chi connectivity index (χ3n) is 4.14. The number of nitrogens with zero attached hydrogens (tertiary/aromatic N) is 3. The average molecular weight is 297 g/mol. The third-order valence-corrected chi connectivity index (χ3v) is 4.14. The Labute approximate surface area is 128 Å². The lowest BCUT2D eigenvalue weighted by atomic mass is 9.62. The minimum Gasteiger partial charge on any atom is -0.375 e. The van der Waals surface area contributed by atoms with Gasteiger partial charge in [0.1, 0.15) is 6.10 Å². The molecule has 0 saturated carbocycles. The molecule has 0 saturated heterocycles. The van der Waals surface area contributed by atoms with Gasteiger partial charge in [-0.05, 0) is 11.5 Å². The van der Waals surface area contributed by atoms with E-state index in [9.17, 15) is 20.6 Å². The number of hydrogen-bond acceptors (Lipinski definition) is 5. The van der Waals surface area contributed by atoms with E-state index in [1.165, 1.54) is 19.2 Å². The molecular formula is C16H15N3O3. The monoisotopic (exact) mass is 297 g/mol. The zero-order valence-corrected chi connectivity index (χ0v) is 12.3. The van der Waals surface area contributed by atoms with Gasteiger partial charge in [-0.25, -0.2) is 0 Å². The number of hydrogen-bond donors (Lipinski definition) is 0. The Bertz CT molecular complexity index is 668. The van der Waals surface area contributed by atoms with Gasteiger partial charge in [-0.15, -0.1) is 0 Å². The predicted octanol–water partition coefficient (Wildman–Crippen LogP) is 2.93. The number of non-ortho nitro benzene ring substituents is 1. The van der Waals surface area contributed by atoms with E-state index in [-0.39, 0.29) is 11.6 Å². The summed E-state index contributed by atoms with van der Waals surface area (Å²) in [5.74, 6) is -0.481. The number of rotatable bonds is 3. The summed E-state index contributed by atoms with van der Waals surface area (Å²) >= 11 is 0. The van der Waals surface area contributed by atoms with Crippen LogP contribution in [0.25, 0.3) is 0 Å². The summed E-state index contributed by atoms with van der Waals surface area (Å²) < 4.78 is 5.31. The van der Waals surface area contributed by atoms with Gasteiger partial charge in [-0.2, -0.15) is 10.5 Å². The van der Waals surface area contributed by atoms with Crippen LogP contribution in [0.3, 0.4) is 0 Å². The van der Waals surface area contributed by atoms with Crippen LogP contribution >= 0.6 is 0 Å². The number of methoxy groups -OCH3 is 1. The van der Waals surface area contributed by atoms with Crippen LogP contribution in [0.15, 0.2) is 36.4 Å². The fraction of sp³-hybridized carbons (Fsp3) is 0.375. The van der Waals surface area contributed by atoms with Crippen LogP contribution in [0.5, 0.6) is 0 Å². The summed E-state index contributed by atoms with van der Waals surface area (Å²) in [5.41, 5.74) is -0.669. The van der Waals surface area contributed by atoms with Gasteiger partial charge in [0.05, 0.1) is 17.1 Å². The topological polar surface area (TPSA) is 99.9 Å². The summed E-state index contributed by atoms with van der Waals surface area (Å²) in [6.45, 7) is 1.91. The van der Waals surface area contributed by atoms with Crippen molar-refractivity contribution in [3.05, 3.63) is 52.1 Å². The van der Waals surface area contributed by atoms with Crippen LogP contribution in [-0.2, 0) is 4.74 Å². The van der Waals surface area contributed by atoms with Gasteiger partial charge < -0.3 is 4.74 Å². The normalized spacial score (nSPS) is 25.9. The number of benzene rings is 1. The Morgan fingerprint density at radius 2 is 1.82 bits per heavy atom. The maximum atomic E-state index is 10.8. The molecule has 112 valence electrons. The molecule has 0 amide bonds. The third kappa shape index (κ3) is 2.34. The number of nitro groups is 1. The first-order chi connectivity index (χ1) is 10.5. The molecule has 0 fully saturated rings. The lowest BCUT2D eigenvalue weighted by Crippen LogP contribution is -2.43. The van der Waals surface area contributed by atoms with Gasteiger partial charge in [0.15, 0.2) is 5.41 Å². The van der Waals surface area contributed by atoms with Gasteiger partial charge in [0.25, 0.3) is 5.69 Å². The quantitative estimate of drug-likeness (QED) is 0.485. The lowest BCUT2D eigenvalue weighted by molar-refractivity contribution is -0.384. The van der Waals surface area contributed by atoms with Crippen molar-refractivity contribution < 1.29 is 9.66 Å². The van der Waals surface area contributed by atoms with E-state index in [2.05, 4.69) is 12.1 Å². The Hall–Kier alpha value is -2.70. The Morgan fingerprint density at radius 3 is 2.27 bits per heavy atom. The van der Waals surface area contributed by atoms with Crippen molar-refractivity contribution >= 4 is 5.69 Å². The summed E-state index contributed by atoms with van der Waals surface area (Å²) in [6, 6.07) is 10.2. The molecule has 0 heterocycles. The molecule has 0 N–H and O–H groups in total. The molecule has 1 aliphatic rings. The van der Waals surface area contributed by atoms with Crippen LogP contribution in [0.1, 0.15) is 18.4 Å². The molecule has 0 bridgehead atoms. The second-order valence-corrected chi connectivity index (χ2v) is 5.32. The largest absolute Gasteiger partial charge is 0.375 e. The molecule has 3 unspecified atom stereocenters. The van der Waals surface area contributed by atoms with Gasteiger partial charge >= 0.3 is 0 Å². The van der Waals surface area contributed by atoms with Crippen molar-refractivity contribution in [1.29, 1.82) is 10.5 Å². The van der Waals surface area contributed by atoms with Crippen molar-refractivity contribution in [3.8, 4) is 12.1 Å². The highest BCUT2D eigenvalue weighted by Gasteiger charge is 2.51. The minimum absolute atomic E-state index is 0.0226. The first kappa shape index (κ1) is 15.7. The molecule has 3 atom stereocenters. The van der Waals surface area contributed by atoms with Crippen molar-refractivity contribution in [2.24, 2.45) is 11.3 Å². The molecular weight excluding hydrogens is 282 g/mol. The first-order valence-corrected chi connectivity index (χ1v) is 6.78. The van der Waals surface area contributed by atoms with Crippen LogP contribution in [0.4, 0.5) is 5.69 Å². The van der Waals surface area contributed by atoms with Crippen LogP contribution in [-0.4, -0.2) is 18.1 Å². The van der Waals surface area contributed by atoms with Crippen LogP contribution in [0.2, 0.25) is 0 Å². The second-order valence-electron chi connectivity index (χ2n) is 5.32. The molecule has 6 heteroatoms. The molecule has 0 aromatic heterocycles. The number of allylic oxidation sites excluding steroid dienone is 1. The number of nitro benzene ring substituents is 1. The van der Waals surface area contributed by atoms with Gasteiger partial charge in [0, 0.05) is 25.2 Å². The summed E-state index contributed by atoms with van der Waals surface area (Å²) in [5, 5.41) is 30.0. The van der Waals surface area contributed by atoms with E-state index in [1.54, 1.807) is 18.2 Å². The number of ether oxygens (including phenoxy) is 1. The fourth-order valence-corrected chi connectivity index (χ4v) is 3.06. The lowest BCUT2D eigenvalue weighted by Gasteiger charge is -2.39. The Balaban J connectivity index is 2.55.